The molecular formula is C15H22N4O. The number of piperidine rings is 1. The zero-order chi connectivity index (χ0) is 13.9. The van der Waals surface area contributed by atoms with Crippen LogP contribution in [0.15, 0.2) is 18.5 Å². The number of aromatic nitrogens is 2. The van der Waals surface area contributed by atoms with Crippen molar-refractivity contribution in [3.8, 4) is 0 Å². The molecule has 5 heteroatoms. The van der Waals surface area contributed by atoms with Gasteiger partial charge in [-0.05, 0) is 38.2 Å². The van der Waals surface area contributed by atoms with Gasteiger partial charge in [-0.3, -0.25) is 4.79 Å². The number of fused-ring (bicyclic) bond motifs is 2. The zero-order valence-corrected chi connectivity index (χ0v) is 12.0. The molecule has 2 bridgehead atoms. The van der Waals surface area contributed by atoms with Crippen molar-refractivity contribution < 1.29 is 4.79 Å². The van der Waals surface area contributed by atoms with Crippen LogP contribution in [-0.4, -0.2) is 45.7 Å². The summed E-state index contributed by atoms with van der Waals surface area (Å²) >= 11 is 0. The Morgan fingerprint density at radius 1 is 1.35 bits per heavy atom. The largest absolute Gasteiger partial charge is 0.336 e. The highest BCUT2D eigenvalue weighted by Crippen LogP contribution is 2.30. The lowest BCUT2D eigenvalue weighted by Gasteiger charge is -2.37. The summed E-state index contributed by atoms with van der Waals surface area (Å²) in [6.07, 6.45) is 8.83. The minimum absolute atomic E-state index is 0.105. The van der Waals surface area contributed by atoms with Gasteiger partial charge in [-0.1, -0.05) is 6.92 Å². The third-order valence-corrected chi connectivity index (χ3v) is 4.45. The van der Waals surface area contributed by atoms with Gasteiger partial charge in [0, 0.05) is 24.7 Å². The summed E-state index contributed by atoms with van der Waals surface area (Å²) in [4.78, 5) is 14.8. The van der Waals surface area contributed by atoms with Crippen molar-refractivity contribution in [2.45, 2.75) is 57.2 Å². The van der Waals surface area contributed by atoms with Gasteiger partial charge in [0.1, 0.15) is 0 Å². The third kappa shape index (κ3) is 2.68. The normalized spacial score (nSPS) is 28.4. The average Bonchev–Trinajstić information content (AvgIpc) is 2.83. The molecule has 3 rings (SSSR count). The molecule has 0 aromatic carbocycles. The van der Waals surface area contributed by atoms with Crippen molar-refractivity contribution in [2.75, 3.05) is 6.54 Å². The molecule has 2 saturated heterocycles. The molecule has 3 heterocycles. The van der Waals surface area contributed by atoms with Crippen LogP contribution in [0.1, 0.15) is 49.4 Å². The molecule has 0 saturated carbocycles. The van der Waals surface area contributed by atoms with Gasteiger partial charge in [0.25, 0.3) is 5.91 Å². The first-order valence-electron chi connectivity index (χ1n) is 7.61. The Balaban J connectivity index is 1.77. The number of rotatable bonds is 4. The number of nitrogens with zero attached hydrogens (tertiary/aromatic N) is 3. The molecule has 1 aromatic rings. The fraction of sp³-hybridized carbons (Fsp3) is 0.667. The van der Waals surface area contributed by atoms with Crippen molar-refractivity contribution in [3.63, 3.8) is 0 Å². The Hall–Kier alpha value is -1.49. The third-order valence-electron chi connectivity index (χ3n) is 4.45. The maximum atomic E-state index is 12.7. The summed E-state index contributed by atoms with van der Waals surface area (Å²) in [5.41, 5.74) is 0.652. The van der Waals surface area contributed by atoms with Crippen molar-refractivity contribution in [1.29, 1.82) is 0 Å². The highest BCUT2D eigenvalue weighted by Gasteiger charge is 2.37. The predicted octanol–water partition coefficient (Wildman–Crippen LogP) is 1.61. The fourth-order valence-corrected chi connectivity index (χ4v) is 3.56. The molecule has 2 atom stereocenters. The van der Waals surface area contributed by atoms with Gasteiger partial charge in [0.15, 0.2) is 0 Å². The van der Waals surface area contributed by atoms with Gasteiger partial charge in [0.05, 0.1) is 18.0 Å². The molecule has 20 heavy (non-hydrogen) atoms. The summed E-state index contributed by atoms with van der Waals surface area (Å²) in [5, 5.41) is 11.2. The highest BCUT2D eigenvalue weighted by atomic mass is 16.2. The van der Waals surface area contributed by atoms with E-state index < -0.39 is 0 Å². The quantitative estimate of drug-likeness (QED) is 0.906. The molecule has 108 valence electrons. The van der Waals surface area contributed by atoms with Crippen LogP contribution in [0.25, 0.3) is 0 Å². The summed E-state index contributed by atoms with van der Waals surface area (Å²) in [6.45, 7) is 2.95. The smallest absolute Gasteiger partial charge is 0.255 e. The van der Waals surface area contributed by atoms with Gasteiger partial charge in [-0.2, -0.15) is 10.2 Å². The maximum absolute atomic E-state index is 12.7. The predicted molar refractivity (Wildman–Crippen MR) is 76.3 cm³/mol. The maximum Gasteiger partial charge on any atom is 0.255 e. The number of amides is 1. The molecule has 0 aliphatic carbocycles. The molecule has 2 unspecified atom stereocenters. The lowest BCUT2D eigenvalue weighted by molar-refractivity contribution is 0.0616. The minimum atomic E-state index is 0.105. The van der Waals surface area contributed by atoms with Crippen LogP contribution >= 0.6 is 0 Å². The number of hydrogen-bond acceptors (Lipinski definition) is 4. The topological polar surface area (TPSA) is 58.1 Å². The second-order valence-corrected chi connectivity index (χ2v) is 5.89. The van der Waals surface area contributed by atoms with Crippen LogP contribution in [-0.2, 0) is 0 Å². The molecule has 0 radical (unpaired) electrons. The Labute approximate surface area is 119 Å². The van der Waals surface area contributed by atoms with E-state index >= 15 is 0 Å². The van der Waals surface area contributed by atoms with Crippen molar-refractivity contribution in [2.24, 2.45) is 0 Å². The van der Waals surface area contributed by atoms with E-state index in [1.165, 1.54) is 12.8 Å². The molecule has 5 nitrogen and oxygen atoms in total. The summed E-state index contributed by atoms with van der Waals surface area (Å²) in [6, 6.07) is 3.32. The Bertz CT molecular complexity index is 452. The molecule has 2 fully saturated rings. The number of nitrogens with one attached hydrogen (secondary N) is 1. The number of carbonyl (C=O) groups is 1. The zero-order valence-electron chi connectivity index (χ0n) is 12.0. The van der Waals surface area contributed by atoms with Gasteiger partial charge >= 0.3 is 0 Å². The first-order chi connectivity index (χ1) is 9.78. The van der Waals surface area contributed by atoms with Crippen LogP contribution in [0.5, 0.6) is 0 Å². The average molecular weight is 274 g/mol. The molecular weight excluding hydrogens is 252 g/mol. The van der Waals surface area contributed by atoms with Crippen LogP contribution in [0.2, 0.25) is 0 Å². The Morgan fingerprint density at radius 3 is 2.70 bits per heavy atom. The van der Waals surface area contributed by atoms with E-state index in [9.17, 15) is 4.79 Å². The van der Waals surface area contributed by atoms with E-state index in [1.807, 2.05) is 0 Å². The molecule has 2 aliphatic heterocycles. The minimum Gasteiger partial charge on any atom is -0.336 e. The van der Waals surface area contributed by atoms with E-state index in [1.54, 1.807) is 18.5 Å². The van der Waals surface area contributed by atoms with Gasteiger partial charge < -0.3 is 10.2 Å². The highest BCUT2D eigenvalue weighted by molar-refractivity contribution is 5.94. The monoisotopic (exact) mass is 274 g/mol. The summed E-state index contributed by atoms with van der Waals surface area (Å²) < 4.78 is 0. The van der Waals surface area contributed by atoms with Crippen LogP contribution in [0.4, 0.5) is 0 Å². The van der Waals surface area contributed by atoms with E-state index in [0.29, 0.717) is 23.7 Å². The van der Waals surface area contributed by atoms with Crippen molar-refractivity contribution >= 4 is 5.91 Å². The van der Waals surface area contributed by atoms with Crippen LogP contribution in [0, 0.1) is 0 Å². The first kappa shape index (κ1) is 13.5. The lowest BCUT2D eigenvalue weighted by Crippen LogP contribution is -2.50. The van der Waals surface area contributed by atoms with E-state index in [-0.39, 0.29) is 5.91 Å². The van der Waals surface area contributed by atoms with Crippen LogP contribution in [0.3, 0.4) is 0 Å². The second-order valence-electron chi connectivity index (χ2n) is 5.89. The molecule has 1 aromatic heterocycles. The summed E-state index contributed by atoms with van der Waals surface area (Å²) in [7, 11) is 0. The molecule has 0 spiro atoms. The second kappa shape index (κ2) is 5.87. The van der Waals surface area contributed by atoms with E-state index in [0.717, 1.165) is 25.8 Å². The van der Waals surface area contributed by atoms with Crippen molar-refractivity contribution in [3.05, 3.63) is 24.0 Å². The van der Waals surface area contributed by atoms with Gasteiger partial charge in [-0.15, -0.1) is 0 Å². The molecule has 1 amide bonds. The Kier molecular flexibility index (Phi) is 3.96. The summed E-state index contributed by atoms with van der Waals surface area (Å²) in [5.74, 6) is 0.105. The fourth-order valence-electron chi connectivity index (χ4n) is 3.56. The number of hydrogen-bond donors (Lipinski definition) is 1. The van der Waals surface area contributed by atoms with E-state index in [2.05, 4.69) is 27.3 Å². The Morgan fingerprint density at radius 2 is 2.10 bits per heavy atom. The standard InChI is InChI=1S/C15H22N4O/c1-2-7-19(15(20)11-5-6-16-17-10-11)14-8-12-3-4-13(9-14)18-12/h5-6,10,12-14,18H,2-4,7-9H2,1H3. The van der Waals surface area contributed by atoms with Crippen molar-refractivity contribution in [1.82, 2.24) is 20.4 Å². The molecule has 1 N–H and O–H groups in total. The molecule has 2 aliphatic rings. The van der Waals surface area contributed by atoms with Gasteiger partial charge in [0.2, 0.25) is 0 Å². The lowest BCUT2D eigenvalue weighted by atomic mass is 9.97. The first-order valence-corrected chi connectivity index (χ1v) is 7.61. The SMILES string of the molecule is CCCN(C(=O)c1ccnnc1)C1CC2CCC(C1)N2. The van der Waals surface area contributed by atoms with Gasteiger partial charge in [-0.25, -0.2) is 0 Å². The van der Waals surface area contributed by atoms with Crippen LogP contribution < -0.4 is 5.32 Å². The van der Waals surface area contributed by atoms with E-state index in [4.69, 9.17) is 0 Å². The number of carbonyl (C=O) groups excluding carboxylic acids is 1.